The van der Waals surface area contributed by atoms with Gasteiger partial charge in [0.25, 0.3) is 0 Å². The van der Waals surface area contributed by atoms with Crippen LogP contribution >= 0.6 is 0 Å². The molecule has 0 amide bonds. The van der Waals surface area contributed by atoms with E-state index >= 15 is 0 Å². The molecule has 2 nitrogen and oxygen atoms in total. The number of likely N-dealkylation sites (N-methyl/N-ethyl adjacent to an activating group) is 1. The molecule has 0 radical (unpaired) electrons. The van der Waals surface area contributed by atoms with Gasteiger partial charge in [-0.1, -0.05) is 33.6 Å². The van der Waals surface area contributed by atoms with Crippen molar-refractivity contribution in [3.05, 3.63) is 0 Å². The van der Waals surface area contributed by atoms with Gasteiger partial charge >= 0.3 is 0 Å². The van der Waals surface area contributed by atoms with E-state index in [0.29, 0.717) is 11.5 Å². The summed E-state index contributed by atoms with van der Waals surface area (Å²) in [5.41, 5.74) is 0.375. The largest absolute Gasteiger partial charge is 0.310 e. The van der Waals surface area contributed by atoms with Crippen LogP contribution in [0.1, 0.15) is 59.8 Å². The number of hydrogen-bond donors (Lipinski definition) is 1. The highest BCUT2D eigenvalue weighted by atomic mass is 15.2. The fourth-order valence-corrected chi connectivity index (χ4v) is 3.74. The van der Waals surface area contributed by atoms with Crippen LogP contribution in [0, 0.1) is 11.3 Å². The number of hydrogen-bond acceptors (Lipinski definition) is 2. The van der Waals surface area contributed by atoms with Gasteiger partial charge in [-0.2, -0.15) is 0 Å². The second-order valence-electron chi connectivity index (χ2n) is 7.73. The average molecular weight is 252 g/mol. The Labute approximate surface area is 114 Å². The number of nitrogens with one attached hydrogen (secondary N) is 1. The zero-order valence-electron chi connectivity index (χ0n) is 13.0. The fourth-order valence-electron chi connectivity index (χ4n) is 3.74. The fraction of sp³-hybridized carbons (Fsp3) is 1.00. The van der Waals surface area contributed by atoms with Crippen LogP contribution in [0.25, 0.3) is 0 Å². The Morgan fingerprint density at radius 3 is 2.50 bits per heavy atom. The summed E-state index contributed by atoms with van der Waals surface area (Å²) in [5.74, 6) is 0.974. The summed E-state index contributed by atoms with van der Waals surface area (Å²) in [6.07, 6.45) is 7.19. The Morgan fingerprint density at radius 2 is 1.89 bits per heavy atom. The molecule has 4 atom stereocenters. The van der Waals surface area contributed by atoms with E-state index in [1.807, 2.05) is 0 Å². The highest BCUT2D eigenvalue weighted by molar-refractivity contribution is 4.94. The Morgan fingerprint density at radius 1 is 1.22 bits per heavy atom. The van der Waals surface area contributed by atoms with Gasteiger partial charge in [0.2, 0.25) is 0 Å². The molecule has 4 unspecified atom stereocenters. The minimum absolute atomic E-state index is 0.375. The molecule has 0 aromatic heterocycles. The van der Waals surface area contributed by atoms with Gasteiger partial charge in [0, 0.05) is 24.7 Å². The maximum Gasteiger partial charge on any atom is 0.0200 e. The summed E-state index contributed by atoms with van der Waals surface area (Å²) >= 11 is 0. The van der Waals surface area contributed by atoms with Crippen molar-refractivity contribution in [1.29, 1.82) is 0 Å². The lowest BCUT2D eigenvalue weighted by Crippen LogP contribution is -2.46. The maximum atomic E-state index is 3.89. The van der Waals surface area contributed by atoms with Crippen molar-refractivity contribution >= 4 is 0 Å². The average Bonchev–Trinajstić information content (AvgIpc) is 2.68. The van der Waals surface area contributed by atoms with Gasteiger partial charge < -0.3 is 10.2 Å². The predicted octanol–water partition coefficient (Wildman–Crippen LogP) is 3.27. The van der Waals surface area contributed by atoms with Crippen LogP contribution in [0.3, 0.4) is 0 Å². The first-order chi connectivity index (χ1) is 8.38. The molecule has 1 N–H and O–H groups in total. The second kappa shape index (κ2) is 5.50. The van der Waals surface area contributed by atoms with Gasteiger partial charge in [0.05, 0.1) is 0 Å². The van der Waals surface area contributed by atoms with Crippen LogP contribution in [0.15, 0.2) is 0 Å². The van der Waals surface area contributed by atoms with E-state index in [-0.39, 0.29) is 0 Å². The maximum absolute atomic E-state index is 3.89. The minimum Gasteiger partial charge on any atom is -0.310 e. The van der Waals surface area contributed by atoms with Gasteiger partial charge in [0.15, 0.2) is 0 Å². The van der Waals surface area contributed by atoms with Gasteiger partial charge in [-0.05, 0) is 44.6 Å². The lowest BCUT2D eigenvalue weighted by atomic mass is 9.84. The van der Waals surface area contributed by atoms with E-state index in [9.17, 15) is 0 Å². The molecule has 1 heterocycles. The highest BCUT2D eigenvalue weighted by Gasteiger charge is 2.36. The summed E-state index contributed by atoms with van der Waals surface area (Å²) in [6.45, 7) is 10.6. The zero-order valence-corrected chi connectivity index (χ0v) is 13.0. The monoisotopic (exact) mass is 252 g/mol. The third-order valence-corrected chi connectivity index (χ3v) is 5.37. The normalized spacial score (nSPS) is 34.7. The van der Waals surface area contributed by atoms with Crippen LogP contribution in [-0.2, 0) is 0 Å². The van der Waals surface area contributed by atoms with Crippen molar-refractivity contribution in [2.45, 2.75) is 77.9 Å². The summed E-state index contributed by atoms with van der Waals surface area (Å²) in [7, 11) is 2.29. The standard InChI is InChI=1S/C16H32N2/c1-12(16(2,3)4)18(5)11-14-10-13-8-6-7-9-15(13)17-14/h12-15,17H,6-11H2,1-5H3. The first-order valence-corrected chi connectivity index (χ1v) is 7.84. The van der Waals surface area contributed by atoms with E-state index in [0.717, 1.165) is 18.0 Å². The number of fused-ring (bicyclic) bond motifs is 1. The van der Waals surface area contributed by atoms with Crippen molar-refractivity contribution < 1.29 is 0 Å². The van der Waals surface area contributed by atoms with Crippen LogP contribution in [0.5, 0.6) is 0 Å². The van der Waals surface area contributed by atoms with E-state index < -0.39 is 0 Å². The summed E-state index contributed by atoms with van der Waals surface area (Å²) in [6, 6.07) is 2.21. The molecule has 2 aliphatic rings. The SMILES string of the molecule is CC(N(C)CC1CC2CCCCC2N1)C(C)(C)C. The lowest BCUT2D eigenvalue weighted by Gasteiger charge is -2.36. The molecule has 2 fully saturated rings. The number of rotatable bonds is 3. The topological polar surface area (TPSA) is 15.3 Å². The van der Waals surface area contributed by atoms with Crippen molar-refractivity contribution in [2.75, 3.05) is 13.6 Å². The molecule has 0 bridgehead atoms. The third-order valence-electron chi connectivity index (χ3n) is 5.37. The quantitative estimate of drug-likeness (QED) is 0.829. The predicted molar refractivity (Wildman–Crippen MR) is 78.8 cm³/mol. The molecule has 0 spiro atoms. The molecule has 0 aromatic carbocycles. The highest BCUT2D eigenvalue weighted by Crippen LogP contribution is 2.34. The second-order valence-corrected chi connectivity index (χ2v) is 7.73. The van der Waals surface area contributed by atoms with E-state index in [1.165, 1.54) is 38.6 Å². The number of nitrogens with zero attached hydrogens (tertiary/aromatic N) is 1. The van der Waals surface area contributed by atoms with E-state index in [1.54, 1.807) is 0 Å². The molecular weight excluding hydrogens is 220 g/mol. The molecule has 1 saturated carbocycles. The van der Waals surface area contributed by atoms with Crippen molar-refractivity contribution in [3.63, 3.8) is 0 Å². The molecule has 2 heteroatoms. The van der Waals surface area contributed by atoms with Crippen molar-refractivity contribution in [2.24, 2.45) is 11.3 Å². The summed E-state index contributed by atoms with van der Waals surface area (Å²) < 4.78 is 0. The van der Waals surface area contributed by atoms with E-state index in [4.69, 9.17) is 0 Å². The third kappa shape index (κ3) is 3.27. The Hall–Kier alpha value is -0.0800. The zero-order chi connectivity index (χ0) is 13.3. The summed E-state index contributed by atoms with van der Waals surface area (Å²) in [5, 5.41) is 3.89. The first-order valence-electron chi connectivity index (χ1n) is 7.84. The molecule has 106 valence electrons. The van der Waals surface area contributed by atoms with Gasteiger partial charge in [-0.15, -0.1) is 0 Å². The molecular formula is C16H32N2. The molecule has 1 saturated heterocycles. The van der Waals surface area contributed by atoms with Crippen molar-refractivity contribution in [1.82, 2.24) is 10.2 Å². The Balaban J connectivity index is 1.83. The minimum atomic E-state index is 0.375. The lowest BCUT2D eigenvalue weighted by molar-refractivity contribution is 0.131. The van der Waals surface area contributed by atoms with Crippen LogP contribution < -0.4 is 5.32 Å². The van der Waals surface area contributed by atoms with Gasteiger partial charge in [-0.3, -0.25) is 0 Å². The molecule has 18 heavy (non-hydrogen) atoms. The van der Waals surface area contributed by atoms with Crippen molar-refractivity contribution in [3.8, 4) is 0 Å². The smallest absolute Gasteiger partial charge is 0.0200 e. The van der Waals surface area contributed by atoms with Crippen LogP contribution in [-0.4, -0.2) is 36.6 Å². The molecule has 2 rings (SSSR count). The van der Waals surface area contributed by atoms with E-state index in [2.05, 4.69) is 45.0 Å². The van der Waals surface area contributed by atoms with Gasteiger partial charge in [0.1, 0.15) is 0 Å². The first kappa shape index (κ1) is 14.3. The molecule has 1 aliphatic heterocycles. The van der Waals surface area contributed by atoms with Crippen LogP contribution in [0.4, 0.5) is 0 Å². The van der Waals surface area contributed by atoms with Crippen LogP contribution in [0.2, 0.25) is 0 Å². The molecule has 0 aromatic rings. The summed E-state index contributed by atoms with van der Waals surface area (Å²) in [4.78, 5) is 2.55. The van der Waals surface area contributed by atoms with Gasteiger partial charge in [-0.25, -0.2) is 0 Å². The Bertz CT molecular complexity index is 255. The Kier molecular flexibility index (Phi) is 4.38. The molecule has 1 aliphatic carbocycles.